The van der Waals surface area contributed by atoms with Gasteiger partial charge in [-0.05, 0) is 25.1 Å². The first kappa shape index (κ1) is 14.8. The molecule has 1 aliphatic rings. The molecule has 1 aliphatic heterocycles. The predicted molar refractivity (Wildman–Crippen MR) is 83.8 cm³/mol. The van der Waals surface area contributed by atoms with Gasteiger partial charge in [0.15, 0.2) is 17.3 Å². The van der Waals surface area contributed by atoms with Crippen LogP contribution in [0, 0.1) is 17.0 Å². The summed E-state index contributed by atoms with van der Waals surface area (Å²) in [5, 5.41) is 10.9. The normalized spacial score (nSPS) is 12.6. The number of ketones is 1. The van der Waals surface area contributed by atoms with Gasteiger partial charge in [-0.15, -0.1) is 0 Å². The van der Waals surface area contributed by atoms with E-state index in [0.29, 0.717) is 17.1 Å². The van der Waals surface area contributed by atoms with Gasteiger partial charge in [-0.3, -0.25) is 14.9 Å². The average Bonchev–Trinajstić information content (AvgIpc) is 3.01. The zero-order valence-corrected chi connectivity index (χ0v) is 12.3. The van der Waals surface area contributed by atoms with Crippen LogP contribution in [0.5, 0.6) is 11.5 Å². The van der Waals surface area contributed by atoms with Crippen LogP contribution < -0.4 is 9.47 Å². The van der Waals surface area contributed by atoms with Gasteiger partial charge in [0.25, 0.3) is 5.69 Å². The SMILES string of the molecule is Cc1ccc(C(=O)C=Cc2cccc3c2OCO3)cc1[N+](=O)[O-]. The zero-order valence-electron chi connectivity index (χ0n) is 12.3. The Bertz CT molecular complexity index is 826. The fourth-order valence-electron chi connectivity index (χ4n) is 2.31. The first-order valence-corrected chi connectivity index (χ1v) is 6.92. The van der Waals surface area contributed by atoms with Gasteiger partial charge < -0.3 is 9.47 Å². The van der Waals surface area contributed by atoms with Crippen molar-refractivity contribution in [1.29, 1.82) is 0 Å². The van der Waals surface area contributed by atoms with Crippen LogP contribution in [0.3, 0.4) is 0 Å². The standard InChI is InChI=1S/C17H13NO5/c1-11-5-6-13(9-14(11)18(20)21)15(19)8-7-12-3-2-4-16-17(12)23-10-22-16/h2-9H,10H2,1H3. The van der Waals surface area contributed by atoms with Crippen LogP contribution in [-0.4, -0.2) is 17.5 Å². The molecule has 0 aromatic heterocycles. The number of aryl methyl sites for hydroxylation is 1. The lowest BCUT2D eigenvalue weighted by Crippen LogP contribution is -1.98. The van der Waals surface area contributed by atoms with Crippen LogP contribution in [0.15, 0.2) is 42.5 Å². The first-order valence-electron chi connectivity index (χ1n) is 6.92. The van der Waals surface area contributed by atoms with Crippen molar-refractivity contribution in [2.45, 2.75) is 6.92 Å². The molecule has 0 atom stereocenters. The molecule has 0 unspecified atom stereocenters. The van der Waals surface area contributed by atoms with Crippen LogP contribution in [0.25, 0.3) is 6.08 Å². The van der Waals surface area contributed by atoms with E-state index in [1.54, 1.807) is 43.3 Å². The summed E-state index contributed by atoms with van der Waals surface area (Å²) < 4.78 is 10.6. The summed E-state index contributed by atoms with van der Waals surface area (Å²) in [4.78, 5) is 22.7. The van der Waals surface area contributed by atoms with E-state index in [9.17, 15) is 14.9 Å². The number of nitro benzene ring substituents is 1. The Kier molecular flexibility index (Phi) is 3.80. The van der Waals surface area contributed by atoms with Crippen molar-refractivity contribution < 1.29 is 19.2 Å². The molecule has 0 N–H and O–H groups in total. The van der Waals surface area contributed by atoms with Crippen molar-refractivity contribution in [2.24, 2.45) is 0 Å². The number of nitro groups is 1. The molecule has 116 valence electrons. The predicted octanol–water partition coefficient (Wildman–Crippen LogP) is 3.53. The highest BCUT2D eigenvalue weighted by Gasteiger charge is 2.16. The monoisotopic (exact) mass is 311 g/mol. The number of fused-ring (bicyclic) bond motifs is 1. The van der Waals surface area contributed by atoms with Crippen LogP contribution in [0.1, 0.15) is 21.5 Å². The third kappa shape index (κ3) is 2.91. The molecule has 0 bridgehead atoms. The van der Waals surface area contributed by atoms with Crippen molar-refractivity contribution in [3.63, 3.8) is 0 Å². The Labute approximate surface area is 132 Å². The Hall–Kier alpha value is -3.15. The number of nitrogens with zero attached hydrogens (tertiary/aromatic N) is 1. The van der Waals surface area contributed by atoms with Gasteiger partial charge in [-0.2, -0.15) is 0 Å². The molecule has 0 spiro atoms. The molecule has 1 heterocycles. The lowest BCUT2D eigenvalue weighted by Gasteiger charge is -2.01. The molecule has 0 saturated heterocycles. The Morgan fingerprint density at radius 1 is 1.26 bits per heavy atom. The molecular formula is C17H13NO5. The molecule has 0 radical (unpaired) electrons. The summed E-state index contributed by atoms with van der Waals surface area (Å²) in [6.07, 6.45) is 2.98. The van der Waals surface area contributed by atoms with E-state index in [0.717, 1.165) is 5.56 Å². The highest BCUT2D eigenvalue weighted by Crippen LogP contribution is 2.36. The van der Waals surface area contributed by atoms with Gasteiger partial charge >= 0.3 is 0 Å². The summed E-state index contributed by atoms with van der Waals surface area (Å²) in [6, 6.07) is 9.81. The molecule has 0 fully saturated rings. The van der Waals surface area contributed by atoms with Crippen molar-refractivity contribution in [3.8, 4) is 11.5 Å². The number of hydrogen-bond acceptors (Lipinski definition) is 5. The van der Waals surface area contributed by atoms with Crippen molar-refractivity contribution >= 4 is 17.5 Å². The lowest BCUT2D eigenvalue weighted by atomic mass is 10.1. The van der Waals surface area contributed by atoms with E-state index in [1.165, 1.54) is 12.1 Å². The third-order valence-corrected chi connectivity index (χ3v) is 3.53. The second kappa shape index (κ2) is 5.92. The maximum absolute atomic E-state index is 12.2. The van der Waals surface area contributed by atoms with Crippen molar-refractivity contribution in [2.75, 3.05) is 6.79 Å². The van der Waals surface area contributed by atoms with E-state index in [4.69, 9.17) is 9.47 Å². The van der Waals surface area contributed by atoms with Crippen molar-refractivity contribution in [3.05, 3.63) is 69.3 Å². The largest absolute Gasteiger partial charge is 0.454 e. The van der Waals surface area contributed by atoms with Crippen molar-refractivity contribution in [1.82, 2.24) is 0 Å². The van der Waals surface area contributed by atoms with E-state index < -0.39 is 4.92 Å². The molecule has 23 heavy (non-hydrogen) atoms. The minimum atomic E-state index is -0.495. The molecule has 0 saturated carbocycles. The number of hydrogen-bond donors (Lipinski definition) is 0. The smallest absolute Gasteiger partial charge is 0.273 e. The number of benzene rings is 2. The van der Waals surface area contributed by atoms with Gasteiger partial charge in [0.05, 0.1) is 4.92 Å². The highest BCUT2D eigenvalue weighted by molar-refractivity contribution is 6.07. The first-order chi connectivity index (χ1) is 11.1. The van der Waals surface area contributed by atoms with E-state index in [2.05, 4.69) is 0 Å². The van der Waals surface area contributed by atoms with Gasteiger partial charge in [0.1, 0.15) is 0 Å². The second-order valence-corrected chi connectivity index (χ2v) is 5.04. The van der Waals surface area contributed by atoms with E-state index >= 15 is 0 Å². The van der Waals surface area contributed by atoms with Crippen LogP contribution >= 0.6 is 0 Å². The molecular weight excluding hydrogens is 298 g/mol. The Morgan fingerprint density at radius 2 is 2.09 bits per heavy atom. The number of rotatable bonds is 4. The van der Waals surface area contributed by atoms with Crippen LogP contribution in [0.2, 0.25) is 0 Å². The Balaban J connectivity index is 1.86. The van der Waals surface area contributed by atoms with Crippen LogP contribution in [0.4, 0.5) is 5.69 Å². The number of carbonyl (C=O) groups is 1. The highest BCUT2D eigenvalue weighted by atomic mass is 16.7. The molecule has 2 aromatic rings. The molecule has 2 aromatic carbocycles. The maximum atomic E-state index is 12.2. The minimum absolute atomic E-state index is 0.0680. The fraction of sp³-hybridized carbons (Fsp3) is 0.118. The number of carbonyl (C=O) groups excluding carboxylic acids is 1. The fourth-order valence-corrected chi connectivity index (χ4v) is 2.31. The Morgan fingerprint density at radius 3 is 2.87 bits per heavy atom. The van der Waals surface area contributed by atoms with Gasteiger partial charge in [0.2, 0.25) is 6.79 Å². The van der Waals surface area contributed by atoms with E-state index in [1.807, 2.05) is 0 Å². The zero-order chi connectivity index (χ0) is 16.4. The molecule has 3 rings (SSSR count). The third-order valence-electron chi connectivity index (χ3n) is 3.53. The summed E-state index contributed by atoms with van der Waals surface area (Å²) in [5.74, 6) is 0.904. The number of ether oxygens (including phenoxy) is 2. The average molecular weight is 311 g/mol. The van der Waals surface area contributed by atoms with Crippen LogP contribution in [-0.2, 0) is 0 Å². The van der Waals surface area contributed by atoms with Gasteiger partial charge in [-0.1, -0.05) is 24.3 Å². The van der Waals surface area contributed by atoms with E-state index in [-0.39, 0.29) is 23.8 Å². The number of para-hydroxylation sites is 1. The summed E-state index contributed by atoms with van der Waals surface area (Å²) in [7, 11) is 0. The molecule has 6 heteroatoms. The second-order valence-electron chi connectivity index (χ2n) is 5.04. The van der Waals surface area contributed by atoms with Gasteiger partial charge in [-0.25, -0.2) is 0 Å². The summed E-state index contributed by atoms with van der Waals surface area (Å²) in [5.41, 5.74) is 1.43. The summed E-state index contributed by atoms with van der Waals surface area (Å²) >= 11 is 0. The lowest BCUT2D eigenvalue weighted by molar-refractivity contribution is -0.385. The molecule has 6 nitrogen and oxygen atoms in total. The molecule has 0 amide bonds. The quantitative estimate of drug-likeness (QED) is 0.373. The number of allylic oxidation sites excluding steroid dienone is 1. The topological polar surface area (TPSA) is 78.7 Å². The van der Waals surface area contributed by atoms with Gasteiger partial charge in [0, 0.05) is 22.8 Å². The summed E-state index contributed by atoms with van der Waals surface area (Å²) in [6.45, 7) is 1.78. The molecule has 0 aliphatic carbocycles. The maximum Gasteiger partial charge on any atom is 0.273 e. The minimum Gasteiger partial charge on any atom is -0.454 e.